The van der Waals surface area contributed by atoms with E-state index in [-0.39, 0.29) is 23.0 Å². The molecule has 0 saturated carbocycles. The molecule has 1 aromatic heterocycles. The highest BCUT2D eigenvalue weighted by Crippen LogP contribution is 2.44. The second-order valence-electron chi connectivity index (χ2n) is 8.24. The number of aryl methyl sites for hydroxylation is 2. The van der Waals surface area contributed by atoms with Gasteiger partial charge >= 0.3 is 5.97 Å². The number of rotatable bonds is 3. The molecular weight excluding hydrogens is 487 g/mol. The summed E-state index contributed by atoms with van der Waals surface area (Å²) in [6.45, 7) is 3.76. The molecule has 5 rings (SSSR count). The predicted octanol–water partition coefficient (Wildman–Crippen LogP) is 6.79. The van der Waals surface area contributed by atoms with Gasteiger partial charge in [-0.05, 0) is 49.2 Å². The van der Waals surface area contributed by atoms with Gasteiger partial charge in [0.15, 0.2) is 0 Å². The van der Waals surface area contributed by atoms with Crippen molar-refractivity contribution in [3.8, 4) is 17.6 Å². The number of nitrogens with two attached hydrogens (primary N) is 1. The fourth-order valence-corrected chi connectivity index (χ4v) is 4.52. The molecular formula is C27H18Cl2N2O4. The minimum Gasteiger partial charge on any atom is -0.449 e. The molecule has 8 heteroatoms. The van der Waals surface area contributed by atoms with Crippen molar-refractivity contribution in [1.82, 2.24) is 0 Å². The average molecular weight is 505 g/mol. The summed E-state index contributed by atoms with van der Waals surface area (Å²) in [6.07, 6.45) is 0. The van der Waals surface area contributed by atoms with E-state index in [4.69, 9.17) is 42.8 Å². The molecule has 6 nitrogen and oxygen atoms in total. The third kappa shape index (κ3) is 3.99. The molecule has 0 radical (unpaired) electrons. The summed E-state index contributed by atoms with van der Waals surface area (Å²) in [5.41, 5.74) is 10.1. The maximum Gasteiger partial charge on any atom is 0.379 e. The molecule has 0 fully saturated rings. The maximum absolute atomic E-state index is 12.9. The Morgan fingerprint density at radius 3 is 2.60 bits per heavy atom. The predicted molar refractivity (Wildman–Crippen MR) is 133 cm³/mol. The van der Waals surface area contributed by atoms with Crippen LogP contribution in [0.5, 0.6) is 11.5 Å². The number of fused-ring (bicyclic) bond motifs is 2. The Balaban J connectivity index is 1.50. The number of nitrogens with zero attached hydrogens (tertiary/aromatic N) is 1. The van der Waals surface area contributed by atoms with E-state index in [0.29, 0.717) is 32.5 Å². The van der Waals surface area contributed by atoms with Gasteiger partial charge in [0, 0.05) is 22.6 Å². The molecule has 1 aliphatic rings. The highest BCUT2D eigenvalue weighted by molar-refractivity contribution is 6.42. The molecule has 1 atom stereocenters. The summed E-state index contributed by atoms with van der Waals surface area (Å²) < 4.78 is 17.1. The summed E-state index contributed by atoms with van der Waals surface area (Å²) in [6, 6.07) is 17.9. The van der Waals surface area contributed by atoms with Crippen LogP contribution in [-0.2, 0) is 0 Å². The van der Waals surface area contributed by atoms with Gasteiger partial charge in [-0.15, -0.1) is 0 Å². The molecule has 0 bridgehead atoms. The quantitative estimate of drug-likeness (QED) is 0.243. The Kier molecular flexibility index (Phi) is 5.68. The minimum atomic E-state index is -0.630. The number of esters is 1. The number of halogens is 2. The van der Waals surface area contributed by atoms with Crippen LogP contribution < -0.4 is 15.2 Å². The molecule has 2 heterocycles. The van der Waals surface area contributed by atoms with Crippen molar-refractivity contribution in [2.75, 3.05) is 0 Å². The Morgan fingerprint density at radius 1 is 1.06 bits per heavy atom. The lowest BCUT2D eigenvalue weighted by Crippen LogP contribution is -2.21. The number of benzene rings is 3. The first kappa shape index (κ1) is 22.9. The molecule has 2 N–H and O–H groups in total. The van der Waals surface area contributed by atoms with Gasteiger partial charge in [-0.1, -0.05) is 47.5 Å². The first-order valence-corrected chi connectivity index (χ1v) is 11.4. The Morgan fingerprint density at radius 2 is 1.86 bits per heavy atom. The molecule has 1 unspecified atom stereocenters. The van der Waals surface area contributed by atoms with Crippen molar-refractivity contribution in [3.63, 3.8) is 0 Å². The number of carbonyl (C=O) groups is 1. The van der Waals surface area contributed by atoms with E-state index in [9.17, 15) is 10.1 Å². The molecule has 0 spiro atoms. The third-order valence-electron chi connectivity index (χ3n) is 5.96. The van der Waals surface area contributed by atoms with Crippen molar-refractivity contribution in [2.24, 2.45) is 5.73 Å². The number of ether oxygens (including phenoxy) is 2. The largest absolute Gasteiger partial charge is 0.449 e. The lowest BCUT2D eigenvalue weighted by molar-refractivity contribution is 0.0702. The monoisotopic (exact) mass is 504 g/mol. The van der Waals surface area contributed by atoms with Crippen molar-refractivity contribution in [1.29, 1.82) is 5.26 Å². The van der Waals surface area contributed by atoms with E-state index in [0.717, 1.165) is 16.5 Å². The zero-order valence-corrected chi connectivity index (χ0v) is 20.2. The number of nitriles is 1. The van der Waals surface area contributed by atoms with E-state index < -0.39 is 11.9 Å². The average Bonchev–Trinajstić information content (AvgIpc) is 3.15. The molecule has 174 valence electrons. The van der Waals surface area contributed by atoms with Crippen molar-refractivity contribution in [2.45, 2.75) is 19.8 Å². The number of furan rings is 1. The summed E-state index contributed by atoms with van der Waals surface area (Å²) in [7, 11) is 0. The van der Waals surface area contributed by atoms with E-state index in [1.165, 1.54) is 0 Å². The van der Waals surface area contributed by atoms with E-state index >= 15 is 0 Å². The molecule has 0 aliphatic carbocycles. The second kappa shape index (κ2) is 8.70. The Labute approximate surface area is 211 Å². The summed E-state index contributed by atoms with van der Waals surface area (Å²) in [5.74, 6) is -0.462. The Hall–Kier alpha value is -3.92. The van der Waals surface area contributed by atoms with Crippen LogP contribution in [0.2, 0.25) is 10.0 Å². The molecule has 0 saturated heterocycles. The molecule has 3 aromatic carbocycles. The van der Waals surface area contributed by atoms with Gasteiger partial charge in [-0.3, -0.25) is 0 Å². The lowest BCUT2D eigenvalue weighted by Gasteiger charge is -2.27. The zero-order valence-electron chi connectivity index (χ0n) is 18.7. The van der Waals surface area contributed by atoms with Crippen LogP contribution in [0, 0.1) is 25.2 Å². The van der Waals surface area contributed by atoms with Crippen LogP contribution in [0.15, 0.2) is 70.5 Å². The first-order chi connectivity index (χ1) is 16.8. The second-order valence-corrected chi connectivity index (χ2v) is 9.06. The highest BCUT2D eigenvalue weighted by atomic mass is 35.5. The van der Waals surface area contributed by atoms with E-state index in [2.05, 4.69) is 6.07 Å². The number of allylic oxidation sites excluding steroid dienone is 1. The number of hydrogen-bond acceptors (Lipinski definition) is 6. The van der Waals surface area contributed by atoms with Gasteiger partial charge in [0.2, 0.25) is 11.6 Å². The van der Waals surface area contributed by atoms with Crippen LogP contribution in [0.3, 0.4) is 0 Å². The molecule has 35 heavy (non-hydrogen) atoms. The minimum absolute atomic E-state index is 0.0388. The Bertz CT molecular complexity index is 1600. The fourth-order valence-electron chi connectivity index (χ4n) is 4.21. The lowest BCUT2D eigenvalue weighted by atomic mass is 9.83. The van der Waals surface area contributed by atoms with Crippen molar-refractivity contribution < 1.29 is 18.7 Å². The maximum atomic E-state index is 12.9. The SMILES string of the molecule is Cc1ccc2c(C)c(C(=O)Oc3ccc4c(c3)OC(N)=C(C#N)C4c3ccc(Cl)c(Cl)c3)oc2c1. The van der Waals surface area contributed by atoms with Crippen LogP contribution in [0.1, 0.15) is 38.7 Å². The summed E-state index contributed by atoms with van der Waals surface area (Å²) in [5, 5.41) is 11.3. The van der Waals surface area contributed by atoms with Gasteiger partial charge in [-0.2, -0.15) is 5.26 Å². The van der Waals surface area contributed by atoms with Gasteiger partial charge in [0.05, 0.1) is 16.0 Å². The molecule has 1 aliphatic heterocycles. The normalized spacial score (nSPS) is 14.9. The van der Waals surface area contributed by atoms with Crippen molar-refractivity contribution >= 4 is 40.1 Å². The molecule has 4 aromatic rings. The van der Waals surface area contributed by atoms with E-state index in [1.807, 2.05) is 32.0 Å². The number of carbonyl (C=O) groups excluding carboxylic acids is 1. The van der Waals surface area contributed by atoms with Gasteiger partial charge < -0.3 is 19.6 Å². The van der Waals surface area contributed by atoms with Gasteiger partial charge in [-0.25, -0.2) is 4.79 Å². The van der Waals surface area contributed by atoms with Crippen LogP contribution >= 0.6 is 23.2 Å². The smallest absolute Gasteiger partial charge is 0.379 e. The zero-order chi connectivity index (χ0) is 24.9. The van der Waals surface area contributed by atoms with Crippen molar-refractivity contribution in [3.05, 3.63) is 104 Å². The number of hydrogen-bond donors (Lipinski definition) is 1. The highest BCUT2D eigenvalue weighted by Gasteiger charge is 2.31. The fraction of sp³-hybridized carbons (Fsp3) is 0.111. The standard InChI is InChI=1S/C27H18Cl2N2O4/c1-13-3-6-17-14(2)25(34-22(17)9-13)27(32)33-16-5-7-18-23(11-16)35-26(31)19(12-30)24(18)15-4-8-20(28)21(29)10-15/h3-11,24H,31H2,1-2H3. The topological polar surface area (TPSA) is 98.5 Å². The van der Waals surface area contributed by atoms with Gasteiger partial charge in [0.25, 0.3) is 0 Å². The van der Waals surface area contributed by atoms with Crippen LogP contribution in [0.4, 0.5) is 0 Å². The molecule has 0 amide bonds. The summed E-state index contributed by atoms with van der Waals surface area (Å²) in [4.78, 5) is 12.9. The van der Waals surface area contributed by atoms with Crippen LogP contribution in [0.25, 0.3) is 11.0 Å². The first-order valence-electron chi connectivity index (χ1n) is 10.6. The summed E-state index contributed by atoms with van der Waals surface area (Å²) >= 11 is 12.3. The van der Waals surface area contributed by atoms with Crippen LogP contribution in [-0.4, -0.2) is 5.97 Å². The third-order valence-corrected chi connectivity index (χ3v) is 6.70. The van der Waals surface area contributed by atoms with E-state index in [1.54, 1.807) is 36.4 Å². The van der Waals surface area contributed by atoms with Gasteiger partial charge in [0.1, 0.15) is 28.7 Å².